The minimum Gasteiger partial charge on any atom is -0.309 e. The highest BCUT2D eigenvalue weighted by atomic mass is 79.9. The lowest BCUT2D eigenvalue weighted by Gasteiger charge is -2.14. The van der Waals surface area contributed by atoms with Crippen LogP contribution < -0.4 is 10.5 Å². The van der Waals surface area contributed by atoms with Gasteiger partial charge in [0.25, 0.3) is 0 Å². The second-order valence-electron chi connectivity index (χ2n) is 3.71. The van der Waals surface area contributed by atoms with Gasteiger partial charge in [-0.15, -0.1) is 0 Å². The molecule has 17 heavy (non-hydrogen) atoms. The van der Waals surface area contributed by atoms with Gasteiger partial charge in [-0.25, -0.2) is 17.9 Å². The zero-order valence-corrected chi connectivity index (χ0v) is 11.7. The van der Waals surface area contributed by atoms with Crippen molar-refractivity contribution in [1.82, 2.24) is 5.32 Å². The van der Waals surface area contributed by atoms with Gasteiger partial charge in [0.05, 0.1) is 5.75 Å². The predicted molar refractivity (Wildman–Crippen MR) is 68.5 cm³/mol. The standard InChI is InChI=1S/C10H14BrFN2O2S/c1-7(14-4-5-17(13,15)16)9-6-8(11)2-3-10(9)12/h2-3,6-7,14H,4-5H2,1H3,(H2,13,15,16). The molecule has 1 atom stereocenters. The second-order valence-corrected chi connectivity index (χ2v) is 6.36. The van der Waals surface area contributed by atoms with E-state index >= 15 is 0 Å². The summed E-state index contributed by atoms with van der Waals surface area (Å²) < 4.78 is 35.7. The number of primary sulfonamides is 1. The quantitative estimate of drug-likeness (QED) is 0.862. The molecule has 0 aromatic heterocycles. The van der Waals surface area contributed by atoms with Crippen molar-refractivity contribution >= 4 is 26.0 Å². The van der Waals surface area contributed by atoms with Crippen molar-refractivity contribution in [1.29, 1.82) is 0 Å². The van der Waals surface area contributed by atoms with Gasteiger partial charge in [-0.2, -0.15) is 0 Å². The molecule has 0 saturated heterocycles. The summed E-state index contributed by atoms with van der Waals surface area (Å²) in [6.45, 7) is 1.94. The number of hydrogen-bond acceptors (Lipinski definition) is 3. The molecule has 0 spiro atoms. The largest absolute Gasteiger partial charge is 0.309 e. The van der Waals surface area contributed by atoms with Crippen LogP contribution >= 0.6 is 15.9 Å². The fraction of sp³-hybridized carbons (Fsp3) is 0.400. The number of nitrogens with one attached hydrogen (secondary N) is 1. The van der Waals surface area contributed by atoms with Gasteiger partial charge in [-0.3, -0.25) is 0 Å². The van der Waals surface area contributed by atoms with Crippen LogP contribution in [0, 0.1) is 5.82 Å². The minimum atomic E-state index is -3.49. The van der Waals surface area contributed by atoms with Gasteiger partial charge >= 0.3 is 0 Å². The molecule has 0 heterocycles. The molecule has 1 rings (SSSR count). The van der Waals surface area contributed by atoms with E-state index in [2.05, 4.69) is 21.2 Å². The Morgan fingerprint density at radius 2 is 2.18 bits per heavy atom. The van der Waals surface area contributed by atoms with Crippen molar-refractivity contribution in [3.8, 4) is 0 Å². The molecule has 0 aliphatic carbocycles. The first-order valence-electron chi connectivity index (χ1n) is 4.98. The lowest BCUT2D eigenvalue weighted by molar-refractivity contribution is 0.536. The molecule has 96 valence electrons. The highest BCUT2D eigenvalue weighted by Crippen LogP contribution is 2.21. The average Bonchev–Trinajstić information content (AvgIpc) is 2.19. The van der Waals surface area contributed by atoms with Gasteiger partial charge in [0, 0.05) is 22.6 Å². The van der Waals surface area contributed by atoms with E-state index in [0.29, 0.717) is 5.56 Å². The smallest absolute Gasteiger partial charge is 0.210 e. The van der Waals surface area contributed by atoms with E-state index < -0.39 is 10.0 Å². The third-order valence-electron chi connectivity index (χ3n) is 2.26. The van der Waals surface area contributed by atoms with Crippen molar-refractivity contribution in [2.75, 3.05) is 12.3 Å². The van der Waals surface area contributed by atoms with E-state index in [1.165, 1.54) is 6.07 Å². The zero-order valence-electron chi connectivity index (χ0n) is 9.28. The lowest BCUT2D eigenvalue weighted by atomic mass is 10.1. The van der Waals surface area contributed by atoms with E-state index in [4.69, 9.17) is 5.14 Å². The van der Waals surface area contributed by atoms with Crippen LogP contribution in [0.1, 0.15) is 18.5 Å². The third kappa shape index (κ3) is 5.12. The number of sulfonamides is 1. The van der Waals surface area contributed by atoms with Crippen LogP contribution in [0.4, 0.5) is 4.39 Å². The van der Waals surface area contributed by atoms with Gasteiger partial charge in [0.1, 0.15) is 5.82 Å². The summed E-state index contributed by atoms with van der Waals surface area (Å²) in [6, 6.07) is 4.34. The molecule has 1 unspecified atom stereocenters. The summed E-state index contributed by atoms with van der Waals surface area (Å²) in [5.41, 5.74) is 0.480. The Balaban J connectivity index is 2.64. The number of rotatable bonds is 5. The Hall–Kier alpha value is -0.500. The fourth-order valence-electron chi connectivity index (χ4n) is 1.37. The van der Waals surface area contributed by atoms with Crippen molar-refractivity contribution in [3.63, 3.8) is 0 Å². The molecule has 0 amide bonds. The Kier molecular flexibility index (Phi) is 5.05. The van der Waals surface area contributed by atoms with Gasteiger partial charge in [-0.05, 0) is 25.1 Å². The second kappa shape index (κ2) is 5.90. The highest BCUT2D eigenvalue weighted by molar-refractivity contribution is 9.10. The first-order valence-corrected chi connectivity index (χ1v) is 7.49. The summed E-state index contributed by atoms with van der Waals surface area (Å²) in [6.07, 6.45) is 0. The molecule has 0 radical (unpaired) electrons. The molecule has 0 aliphatic rings. The SMILES string of the molecule is CC(NCCS(N)(=O)=O)c1cc(Br)ccc1F. The first-order chi connectivity index (χ1) is 7.79. The first kappa shape index (κ1) is 14.6. The molecular weight excluding hydrogens is 311 g/mol. The summed E-state index contributed by atoms with van der Waals surface area (Å²) in [7, 11) is -3.49. The Bertz CT molecular complexity index is 493. The maximum atomic E-state index is 13.5. The molecule has 0 bridgehead atoms. The normalized spacial score (nSPS) is 13.6. The van der Waals surface area contributed by atoms with Gasteiger partial charge < -0.3 is 5.32 Å². The molecule has 1 aromatic rings. The van der Waals surface area contributed by atoms with E-state index in [1.807, 2.05) is 0 Å². The summed E-state index contributed by atoms with van der Waals surface area (Å²) in [5.74, 6) is -0.503. The molecule has 0 aliphatic heterocycles. The van der Waals surface area contributed by atoms with E-state index in [1.54, 1.807) is 19.1 Å². The molecule has 0 saturated carbocycles. The Labute approximate surface area is 109 Å². The van der Waals surface area contributed by atoms with Crippen LogP contribution in [0.25, 0.3) is 0 Å². The van der Waals surface area contributed by atoms with Gasteiger partial charge in [-0.1, -0.05) is 15.9 Å². The minimum absolute atomic E-state index is 0.174. The van der Waals surface area contributed by atoms with Crippen LogP contribution in [0.3, 0.4) is 0 Å². The average molecular weight is 325 g/mol. The Morgan fingerprint density at radius 3 is 2.76 bits per heavy atom. The van der Waals surface area contributed by atoms with Crippen LogP contribution in [0.5, 0.6) is 0 Å². The van der Waals surface area contributed by atoms with E-state index in [9.17, 15) is 12.8 Å². The molecule has 7 heteroatoms. The predicted octanol–water partition coefficient (Wildman–Crippen LogP) is 1.53. The van der Waals surface area contributed by atoms with Gasteiger partial charge in [0.2, 0.25) is 10.0 Å². The maximum absolute atomic E-state index is 13.5. The van der Waals surface area contributed by atoms with Crippen LogP contribution in [0.15, 0.2) is 22.7 Å². The van der Waals surface area contributed by atoms with Gasteiger partial charge in [0.15, 0.2) is 0 Å². The number of nitrogens with two attached hydrogens (primary N) is 1. The topological polar surface area (TPSA) is 72.2 Å². The van der Waals surface area contributed by atoms with Crippen molar-refractivity contribution in [2.24, 2.45) is 5.14 Å². The van der Waals surface area contributed by atoms with Crippen molar-refractivity contribution < 1.29 is 12.8 Å². The highest BCUT2D eigenvalue weighted by Gasteiger charge is 2.11. The zero-order chi connectivity index (χ0) is 13.1. The lowest BCUT2D eigenvalue weighted by Crippen LogP contribution is -2.29. The summed E-state index contributed by atoms with van der Waals surface area (Å²) >= 11 is 3.25. The van der Waals surface area contributed by atoms with Crippen LogP contribution in [-0.4, -0.2) is 20.7 Å². The number of benzene rings is 1. The van der Waals surface area contributed by atoms with E-state index in [0.717, 1.165) is 4.47 Å². The van der Waals surface area contributed by atoms with Crippen molar-refractivity contribution in [3.05, 3.63) is 34.1 Å². The summed E-state index contributed by atoms with van der Waals surface area (Å²) in [4.78, 5) is 0. The maximum Gasteiger partial charge on any atom is 0.210 e. The molecule has 1 aromatic carbocycles. The van der Waals surface area contributed by atoms with Crippen LogP contribution in [0.2, 0.25) is 0 Å². The molecular formula is C10H14BrFN2O2S. The molecule has 3 N–H and O–H groups in total. The van der Waals surface area contributed by atoms with Crippen LogP contribution in [-0.2, 0) is 10.0 Å². The number of hydrogen-bond donors (Lipinski definition) is 2. The Morgan fingerprint density at radius 1 is 1.53 bits per heavy atom. The van der Waals surface area contributed by atoms with E-state index in [-0.39, 0.29) is 24.2 Å². The summed E-state index contributed by atoms with van der Waals surface area (Å²) in [5, 5.41) is 7.77. The fourth-order valence-corrected chi connectivity index (χ4v) is 2.16. The van der Waals surface area contributed by atoms with Crippen molar-refractivity contribution in [2.45, 2.75) is 13.0 Å². The monoisotopic (exact) mass is 324 g/mol. The molecule has 0 fully saturated rings. The number of halogens is 2. The molecule has 4 nitrogen and oxygen atoms in total. The third-order valence-corrected chi connectivity index (χ3v) is 3.53.